The zero-order chi connectivity index (χ0) is 20.4. The molecule has 1 aliphatic rings. The molecule has 0 atom stereocenters. The standard InChI is InChI=1S/C20H20ClN3O3S2/c1-14-16-4-2-3-5-17(16)23-18(20(14)21)13-28-19-7-6-15(12-22-19)29(25,26)24-8-10-27-11-9-24/h2-7,12H,8-11,13H2,1H3. The Morgan fingerprint density at radius 1 is 1.17 bits per heavy atom. The molecule has 0 saturated carbocycles. The molecule has 1 aromatic carbocycles. The van der Waals surface area contributed by atoms with Gasteiger partial charge in [-0.3, -0.25) is 4.98 Å². The van der Waals surface area contributed by atoms with E-state index in [2.05, 4.69) is 9.97 Å². The number of hydrogen-bond donors (Lipinski definition) is 0. The number of halogens is 1. The van der Waals surface area contributed by atoms with Gasteiger partial charge in [-0.05, 0) is 30.7 Å². The van der Waals surface area contributed by atoms with Crippen LogP contribution < -0.4 is 0 Å². The quantitative estimate of drug-likeness (QED) is 0.550. The Kier molecular flexibility index (Phi) is 6.08. The van der Waals surface area contributed by atoms with Crippen LogP contribution in [0.1, 0.15) is 11.3 Å². The highest BCUT2D eigenvalue weighted by Gasteiger charge is 2.26. The summed E-state index contributed by atoms with van der Waals surface area (Å²) in [6.45, 7) is 3.55. The van der Waals surface area contributed by atoms with Crippen molar-refractivity contribution in [2.24, 2.45) is 0 Å². The fourth-order valence-corrected chi connectivity index (χ4v) is 5.63. The van der Waals surface area contributed by atoms with Gasteiger partial charge in [0.25, 0.3) is 0 Å². The van der Waals surface area contributed by atoms with Gasteiger partial charge in [0.05, 0.1) is 34.5 Å². The molecule has 0 unspecified atom stereocenters. The van der Waals surface area contributed by atoms with Crippen molar-refractivity contribution in [2.45, 2.75) is 22.6 Å². The predicted molar refractivity (Wildman–Crippen MR) is 115 cm³/mol. The van der Waals surface area contributed by atoms with Gasteiger partial charge in [-0.1, -0.05) is 41.6 Å². The SMILES string of the molecule is Cc1c(Cl)c(CSc2ccc(S(=O)(=O)N3CCOCC3)cn2)nc2ccccc12. The van der Waals surface area contributed by atoms with Crippen molar-refractivity contribution in [1.82, 2.24) is 14.3 Å². The molecule has 1 aliphatic heterocycles. The van der Waals surface area contributed by atoms with Crippen molar-refractivity contribution in [2.75, 3.05) is 26.3 Å². The summed E-state index contributed by atoms with van der Waals surface area (Å²) in [4.78, 5) is 9.19. The van der Waals surface area contributed by atoms with E-state index >= 15 is 0 Å². The maximum absolute atomic E-state index is 12.7. The van der Waals surface area contributed by atoms with Gasteiger partial charge < -0.3 is 4.74 Å². The van der Waals surface area contributed by atoms with E-state index in [4.69, 9.17) is 16.3 Å². The van der Waals surface area contributed by atoms with Crippen LogP contribution in [0.2, 0.25) is 5.02 Å². The Morgan fingerprint density at radius 3 is 2.66 bits per heavy atom. The number of fused-ring (bicyclic) bond motifs is 1. The number of nitrogens with zero attached hydrogens (tertiary/aromatic N) is 3. The van der Waals surface area contributed by atoms with E-state index in [0.717, 1.165) is 27.2 Å². The minimum atomic E-state index is -3.53. The van der Waals surface area contributed by atoms with Crippen molar-refractivity contribution in [1.29, 1.82) is 0 Å². The van der Waals surface area contributed by atoms with Crippen LogP contribution in [-0.2, 0) is 20.5 Å². The zero-order valence-electron chi connectivity index (χ0n) is 15.8. The first-order valence-electron chi connectivity index (χ1n) is 9.17. The lowest BCUT2D eigenvalue weighted by molar-refractivity contribution is 0.0730. The summed E-state index contributed by atoms with van der Waals surface area (Å²) < 4.78 is 32.0. The van der Waals surface area contributed by atoms with Crippen LogP contribution in [-0.4, -0.2) is 49.0 Å². The molecular formula is C20H20ClN3O3S2. The minimum absolute atomic E-state index is 0.196. The van der Waals surface area contributed by atoms with Gasteiger partial charge in [0.2, 0.25) is 10.0 Å². The van der Waals surface area contributed by atoms with Crippen LogP contribution in [0.15, 0.2) is 52.5 Å². The average molecular weight is 450 g/mol. The minimum Gasteiger partial charge on any atom is -0.379 e. The molecule has 6 nitrogen and oxygen atoms in total. The predicted octanol–water partition coefficient (Wildman–Crippen LogP) is 3.90. The van der Waals surface area contributed by atoms with E-state index in [1.54, 1.807) is 12.1 Å². The molecule has 0 bridgehead atoms. The third-order valence-corrected chi connectivity index (χ3v) is 8.16. The van der Waals surface area contributed by atoms with E-state index < -0.39 is 10.0 Å². The second kappa shape index (κ2) is 8.57. The number of benzene rings is 1. The molecule has 1 fully saturated rings. The molecule has 4 rings (SSSR count). The summed E-state index contributed by atoms with van der Waals surface area (Å²) in [6.07, 6.45) is 1.41. The molecule has 3 aromatic rings. The number of sulfonamides is 1. The van der Waals surface area contributed by atoms with E-state index in [1.165, 1.54) is 22.3 Å². The molecule has 2 aromatic heterocycles. The molecule has 0 spiro atoms. The molecule has 9 heteroatoms. The van der Waals surface area contributed by atoms with E-state index in [9.17, 15) is 8.42 Å². The first kappa shape index (κ1) is 20.6. The summed E-state index contributed by atoms with van der Waals surface area (Å²) in [5.74, 6) is 0.549. The maximum Gasteiger partial charge on any atom is 0.244 e. The largest absolute Gasteiger partial charge is 0.379 e. The topological polar surface area (TPSA) is 72.4 Å². The lowest BCUT2D eigenvalue weighted by atomic mass is 10.1. The first-order chi connectivity index (χ1) is 14.0. The average Bonchev–Trinajstić information content (AvgIpc) is 2.76. The number of morpholine rings is 1. The Morgan fingerprint density at radius 2 is 1.93 bits per heavy atom. The van der Waals surface area contributed by atoms with Crippen LogP contribution in [0.3, 0.4) is 0 Å². The number of pyridine rings is 2. The number of aryl methyl sites for hydroxylation is 1. The van der Waals surface area contributed by atoms with Gasteiger partial charge in [-0.2, -0.15) is 4.31 Å². The normalized spacial score (nSPS) is 15.7. The Bertz CT molecular complexity index is 1130. The van der Waals surface area contributed by atoms with Crippen molar-refractivity contribution < 1.29 is 13.2 Å². The molecule has 0 N–H and O–H groups in total. The summed E-state index contributed by atoms with van der Waals surface area (Å²) in [5, 5.41) is 2.42. The van der Waals surface area contributed by atoms with Gasteiger partial charge >= 0.3 is 0 Å². The molecule has 152 valence electrons. The van der Waals surface area contributed by atoms with Gasteiger partial charge in [-0.25, -0.2) is 13.4 Å². The van der Waals surface area contributed by atoms with Gasteiger partial charge in [-0.15, -0.1) is 0 Å². The fraction of sp³-hybridized carbons (Fsp3) is 0.300. The monoisotopic (exact) mass is 449 g/mol. The second-order valence-corrected chi connectivity index (χ2v) is 9.96. The highest BCUT2D eigenvalue weighted by molar-refractivity contribution is 7.98. The lowest BCUT2D eigenvalue weighted by Gasteiger charge is -2.25. The van der Waals surface area contributed by atoms with Crippen molar-refractivity contribution in [3.8, 4) is 0 Å². The maximum atomic E-state index is 12.7. The van der Waals surface area contributed by atoms with Crippen LogP contribution in [0.25, 0.3) is 10.9 Å². The molecule has 29 heavy (non-hydrogen) atoms. The zero-order valence-corrected chi connectivity index (χ0v) is 18.2. The van der Waals surface area contributed by atoms with Crippen molar-refractivity contribution in [3.63, 3.8) is 0 Å². The number of para-hydroxylation sites is 1. The number of hydrogen-bond acceptors (Lipinski definition) is 6. The van der Waals surface area contributed by atoms with Crippen LogP contribution >= 0.6 is 23.4 Å². The summed E-state index contributed by atoms with van der Waals surface area (Å²) >= 11 is 7.99. The van der Waals surface area contributed by atoms with Crippen LogP contribution in [0, 0.1) is 6.92 Å². The van der Waals surface area contributed by atoms with Gasteiger partial charge in [0, 0.05) is 30.4 Å². The molecular weight excluding hydrogens is 430 g/mol. The molecule has 0 amide bonds. The van der Waals surface area contributed by atoms with E-state index in [1.807, 2.05) is 31.2 Å². The van der Waals surface area contributed by atoms with Crippen molar-refractivity contribution >= 4 is 44.3 Å². The number of thioether (sulfide) groups is 1. The molecule has 0 radical (unpaired) electrons. The molecule has 3 heterocycles. The third kappa shape index (κ3) is 4.27. The highest BCUT2D eigenvalue weighted by atomic mass is 35.5. The third-order valence-electron chi connectivity index (χ3n) is 4.82. The van der Waals surface area contributed by atoms with E-state index in [-0.39, 0.29) is 4.90 Å². The number of aromatic nitrogens is 2. The number of rotatable bonds is 5. The molecule has 0 aliphatic carbocycles. The van der Waals surface area contributed by atoms with Crippen LogP contribution in [0.4, 0.5) is 0 Å². The second-order valence-electron chi connectivity index (χ2n) is 6.65. The summed E-state index contributed by atoms with van der Waals surface area (Å²) in [5.41, 5.74) is 2.71. The molecule has 1 saturated heterocycles. The van der Waals surface area contributed by atoms with Crippen LogP contribution in [0.5, 0.6) is 0 Å². The Balaban J connectivity index is 1.50. The Labute approximate surface area is 179 Å². The van der Waals surface area contributed by atoms with Crippen molar-refractivity contribution in [3.05, 3.63) is 58.9 Å². The first-order valence-corrected chi connectivity index (χ1v) is 12.0. The Hall–Kier alpha value is -1.71. The fourth-order valence-electron chi connectivity index (χ4n) is 3.20. The van der Waals surface area contributed by atoms with Gasteiger partial charge in [0.1, 0.15) is 4.90 Å². The lowest BCUT2D eigenvalue weighted by Crippen LogP contribution is -2.40. The highest BCUT2D eigenvalue weighted by Crippen LogP contribution is 2.31. The summed E-state index contributed by atoms with van der Waals surface area (Å²) in [6, 6.07) is 11.2. The number of ether oxygens (including phenoxy) is 1. The van der Waals surface area contributed by atoms with E-state index in [0.29, 0.717) is 37.1 Å². The summed E-state index contributed by atoms with van der Waals surface area (Å²) in [7, 11) is -3.53. The van der Waals surface area contributed by atoms with Gasteiger partial charge in [0.15, 0.2) is 0 Å². The smallest absolute Gasteiger partial charge is 0.244 e.